The molecule has 0 spiro atoms. The first-order valence-electron chi connectivity index (χ1n) is 19.4. The summed E-state index contributed by atoms with van der Waals surface area (Å²) in [5.74, 6) is 2.39. The molecule has 0 saturated carbocycles. The number of hydrogen-bond acceptors (Lipinski definition) is 2. The maximum Gasteiger partial charge on any atom is 0.163 e. The van der Waals surface area contributed by atoms with Gasteiger partial charge in [-0.05, 0) is 92.4 Å². The highest BCUT2D eigenvalue weighted by Gasteiger charge is 2.25. The Morgan fingerprint density at radius 2 is 0.648 bits per heavy atom. The van der Waals surface area contributed by atoms with Crippen molar-refractivity contribution in [1.29, 1.82) is 0 Å². The van der Waals surface area contributed by atoms with Gasteiger partial charge < -0.3 is 0 Å². The molecular formula is C50H54N4. The molecule has 0 atom stereocenters. The highest BCUT2D eigenvalue weighted by atomic mass is 15.1. The third-order valence-electron chi connectivity index (χ3n) is 11.2. The van der Waals surface area contributed by atoms with Crippen molar-refractivity contribution < 1.29 is 0 Å². The van der Waals surface area contributed by atoms with Crippen LogP contribution < -0.4 is 0 Å². The van der Waals surface area contributed by atoms with E-state index in [0.29, 0.717) is 5.82 Å². The van der Waals surface area contributed by atoms with Gasteiger partial charge in [0.25, 0.3) is 0 Å². The van der Waals surface area contributed by atoms with Gasteiger partial charge in [-0.3, -0.25) is 9.13 Å². The molecule has 4 nitrogen and oxygen atoms in total. The van der Waals surface area contributed by atoms with E-state index < -0.39 is 0 Å². The van der Waals surface area contributed by atoms with E-state index in [1.807, 2.05) is 6.07 Å². The summed E-state index contributed by atoms with van der Waals surface area (Å²) in [4.78, 5) is 10.8. The molecular weight excluding hydrogens is 657 g/mol. The molecule has 0 aliphatic heterocycles. The Bertz CT molecular complexity index is 2420. The van der Waals surface area contributed by atoms with Crippen LogP contribution >= 0.6 is 0 Å². The van der Waals surface area contributed by atoms with Gasteiger partial charge in [-0.15, -0.1) is 0 Å². The molecule has 8 rings (SSSR count). The number of aromatic nitrogens is 4. The zero-order valence-corrected chi connectivity index (χ0v) is 34.2. The predicted molar refractivity (Wildman–Crippen MR) is 231 cm³/mol. The van der Waals surface area contributed by atoms with E-state index in [1.165, 1.54) is 43.8 Å². The summed E-state index contributed by atoms with van der Waals surface area (Å²) in [6, 6.07) is 40.5. The van der Waals surface area contributed by atoms with Crippen molar-refractivity contribution in [3.63, 3.8) is 0 Å². The molecule has 4 heteroatoms. The first kappa shape index (κ1) is 35.8. The topological polar surface area (TPSA) is 35.6 Å². The summed E-state index contributed by atoms with van der Waals surface area (Å²) < 4.78 is 4.70. The molecule has 54 heavy (non-hydrogen) atoms. The monoisotopic (exact) mass is 710 g/mol. The Morgan fingerprint density at radius 3 is 0.926 bits per heavy atom. The van der Waals surface area contributed by atoms with Crippen LogP contribution in [0.4, 0.5) is 0 Å². The van der Waals surface area contributed by atoms with Gasteiger partial charge in [0.05, 0.1) is 22.1 Å². The van der Waals surface area contributed by atoms with Crippen molar-refractivity contribution in [3.8, 4) is 23.0 Å². The maximum atomic E-state index is 5.39. The van der Waals surface area contributed by atoms with Gasteiger partial charge in [0, 0.05) is 33.2 Å². The Morgan fingerprint density at radius 1 is 0.352 bits per heavy atom. The van der Waals surface area contributed by atoms with Crippen LogP contribution in [0.15, 0.2) is 109 Å². The molecule has 0 aliphatic rings. The zero-order valence-electron chi connectivity index (χ0n) is 34.2. The van der Waals surface area contributed by atoms with Crippen LogP contribution in [0.5, 0.6) is 0 Å². The molecule has 0 amide bonds. The zero-order chi connectivity index (χ0) is 38.5. The minimum atomic E-state index is 0.0169. The minimum Gasteiger partial charge on any atom is -0.294 e. The number of hydrogen-bond donors (Lipinski definition) is 0. The second kappa shape index (κ2) is 12.1. The number of rotatable bonds is 3. The standard InChI is InChI=1S/C50H54N4/c1-47(2,3)32-18-22-40-36(26-32)37-27-33(48(4,5)6)19-23-41(37)53(40)44-30-45(52-46(51-44)31-16-14-13-15-17-31)54-42-24-20-34(49(7,8)9)28-38(42)39-29-35(50(10,11)12)21-25-43(39)54/h13-30H,1-12H3. The lowest BCUT2D eigenvalue weighted by atomic mass is 9.85. The molecule has 8 aromatic rings. The van der Waals surface area contributed by atoms with Gasteiger partial charge in [0.1, 0.15) is 11.6 Å². The van der Waals surface area contributed by atoms with Crippen LogP contribution in [-0.2, 0) is 21.7 Å². The van der Waals surface area contributed by atoms with Crippen LogP contribution in [0.25, 0.3) is 66.6 Å². The Hall–Kier alpha value is -5.22. The SMILES string of the molecule is CC(C)(C)c1ccc2c(c1)c1cc(C(C)(C)C)ccc1n2-c1cc(-n2c3ccc(C(C)(C)C)cc3c3cc(C(C)(C)C)ccc32)nc(-c2ccccc2)n1. The van der Waals surface area contributed by atoms with Gasteiger partial charge in [-0.2, -0.15) is 0 Å². The maximum absolute atomic E-state index is 5.39. The van der Waals surface area contributed by atoms with Crippen molar-refractivity contribution in [3.05, 3.63) is 131 Å². The molecule has 0 unspecified atom stereocenters. The molecule has 0 bridgehead atoms. The normalized spacial score (nSPS) is 13.2. The lowest BCUT2D eigenvalue weighted by molar-refractivity contribution is 0.590. The second-order valence-corrected chi connectivity index (χ2v) is 19.4. The van der Waals surface area contributed by atoms with Crippen molar-refractivity contribution in [1.82, 2.24) is 19.1 Å². The highest BCUT2D eigenvalue weighted by molar-refractivity contribution is 6.11. The van der Waals surface area contributed by atoms with Crippen molar-refractivity contribution in [2.75, 3.05) is 0 Å². The summed E-state index contributed by atoms with van der Waals surface area (Å²) in [6.07, 6.45) is 0. The highest BCUT2D eigenvalue weighted by Crippen LogP contribution is 2.40. The molecule has 5 aromatic carbocycles. The van der Waals surface area contributed by atoms with Gasteiger partial charge in [-0.25, -0.2) is 9.97 Å². The molecule has 3 heterocycles. The minimum absolute atomic E-state index is 0.0169. The van der Waals surface area contributed by atoms with Crippen molar-refractivity contribution >= 4 is 43.6 Å². The van der Waals surface area contributed by atoms with Crippen LogP contribution in [0.1, 0.15) is 105 Å². The average Bonchev–Trinajstić information content (AvgIpc) is 3.62. The molecule has 0 aliphatic carbocycles. The number of nitrogens with zero attached hydrogens (tertiary/aromatic N) is 4. The summed E-state index contributed by atoms with van der Waals surface area (Å²) in [6.45, 7) is 27.5. The van der Waals surface area contributed by atoms with E-state index >= 15 is 0 Å². The van der Waals surface area contributed by atoms with E-state index in [0.717, 1.165) is 39.3 Å². The Kier molecular flexibility index (Phi) is 8.05. The van der Waals surface area contributed by atoms with Crippen molar-refractivity contribution in [2.24, 2.45) is 0 Å². The molecule has 0 saturated heterocycles. The van der Waals surface area contributed by atoms with E-state index in [9.17, 15) is 0 Å². The van der Waals surface area contributed by atoms with Gasteiger partial charge in [0.15, 0.2) is 5.82 Å². The smallest absolute Gasteiger partial charge is 0.163 e. The number of benzene rings is 5. The summed E-state index contributed by atoms with van der Waals surface area (Å²) in [5.41, 5.74) is 10.9. The third kappa shape index (κ3) is 6.10. The summed E-state index contributed by atoms with van der Waals surface area (Å²) in [5, 5.41) is 4.97. The molecule has 274 valence electrons. The van der Waals surface area contributed by atoms with Crippen LogP contribution in [0, 0.1) is 0 Å². The van der Waals surface area contributed by atoms with Gasteiger partial charge in [0.2, 0.25) is 0 Å². The Labute approximate surface area is 320 Å². The van der Waals surface area contributed by atoms with E-state index in [1.54, 1.807) is 0 Å². The fraction of sp³-hybridized carbons (Fsp3) is 0.320. The van der Waals surface area contributed by atoms with Gasteiger partial charge >= 0.3 is 0 Å². The predicted octanol–water partition coefficient (Wildman–Crippen LogP) is 13.5. The second-order valence-electron chi connectivity index (χ2n) is 19.4. The van der Waals surface area contributed by atoms with Gasteiger partial charge in [-0.1, -0.05) is 138 Å². The molecule has 0 fully saturated rings. The third-order valence-corrected chi connectivity index (χ3v) is 11.2. The largest absolute Gasteiger partial charge is 0.294 e. The van der Waals surface area contributed by atoms with Crippen LogP contribution in [0.3, 0.4) is 0 Å². The van der Waals surface area contributed by atoms with E-state index in [2.05, 4.69) is 195 Å². The first-order chi connectivity index (χ1) is 25.3. The molecule has 3 aromatic heterocycles. The fourth-order valence-electron chi connectivity index (χ4n) is 7.77. The molecule has 0 radical (unpaired) electrons. The quantitative estimate of drug-likeness (QED) is 0.183. The van der Waals surface area contributed by atoms with Crippen molar-refractivity contribution in [2.45, 2.75) is 105 Å². The lowest BCUT2D eigenvalue weighted by Crippen LogP contribution is -2.11. The number of fused-ring (bicyclic) bond motifs is 6. The first-order valence-corrected chi connectivity index (χ1v) is 19.4. The average molecular weight is 711 g/mol. The van der Waals surface area contributed by atoms with Crippen LogP contribution in [-0.4, -0.2) is 19.1 Å². The summed E-state index contributed by atoms with van der Waals surface area (Å²) >= 11 is 0. The summed E-state index contributed by atoms with van der Waals surface area (Å²) in [7, 11) is 0. The fourth-order valence-corrected chi connectivity index (χ4v) is 7.77. The molecule has 0 N–H and O–H groups in total. The lowest BCUT2D eigenvalue weighted by Gasteiger charge is -2.19. The van der Waals surface area contributed by atoms with E-state index in [-0.39, 0.29) is 21.7 Å². The van der Waals surface area contributed by atoms with Crippen LogP contribution in [0.2, 0.25) is 0 Å². The van der Waals surface area contributed by atoms with E-state index in [4.69, 9.17) is 9.97 Å². The Balaban J connectivity index is 1.48.